The fourth-order valence-corrected chi connectivity index (χ4v) is 5.44. The van der Waals surface area contributed by atoms with E-state index in [0.29, 0.717) is 16.8 Å². The van der Waals surface area contributed by atoms with E-state index in [-0.39, 0.29) is 5.78 Å². The van der Waals surface area contributed by atoms with Crippen LogP contribution in [0.15, 0.2) is 170 Å². The predicted octanol–water partition coefficient (Wildman–Crippen LogP) is 8.50. The first kappa shape index (κ1) is 31.8. The third-order valence-corrected chi connectivity index (χ3v) is 7.49. The van der Waals surface area contributed by atoms with Crippen LogP contribution < -0.4 is 9.88 Å². The summed E-state index contributed by atoms with van der Waals surface area (Å²) in [5.41, 5.74) is 9.54. The fraction of sp³-hybridized carbons (Fsp3) is 0. The first-order chi connectivity index (χ1) is 23.3. The molecule has 0 atom stereocenters. The second-order valence-electron chi connectivity index (χ2n) is 10.7. The number of nitrogens with zero attached hydrogens (tertiary/aromatic N) is 3. The van der Waals surface area contributed by atoms with E-state index >= 15 is 0 Å². The summed E-state index contributed by atoms with van der Waals surface area (Å²) in [5.74, 6) is -0.0820. The minimum absolute atomic E-state index is 0.0820. The first-order valence-electron chi connectivity index (χ1n) is 15.0. The third kappa shape index (κ3) is 7.45. The number of pyridine rings is 3. The van der Waals surface area contributed by atoms with E-state index in [1.807, 2.05) is 116 Å². The van der Waals surface area contributed by atoms with Gasteiger partial charge in [0.25, 0.3) is 0 Å². The number of dihydropyridines is 1. The van der Waals surface area contributed by atoms with Crippen molar-refractivity contribution in [2.45, 2.75) is 0 Å². The van der Waals surface area contributed by atoms with Crippen molar-refractivity contribution < 1.29 is 26.6 Å². The monoisotopic (exact) mass is 642 g/mol. The number of carbonyl (C=O) groups excluding carboxylic acids is 1. The highest BCUT2D eigenvalue weighted by molar-refractivity contribution is 6.50. The molecular weight excluding hydrogens is 615 g/mol. The van der Waals surface area contributed by atoms with E-state index < -0.39 is 7.25 Å². The molecule has 1 aliphatic carbocycles. The molecule has 4 heterocycles. The number of Topliss-reactive ketones (excluding diaryl/α,β-unsaturated/α-hetero) is 1. The molecule has 1 aliphatic heterocycles. The minimum atomic E-state index is -6.00. The Hall–Kier alpha value is -6.16. The zero-order valence-electron chi connectivity index (χ0n) is 25.4. The van der Waals surface area contributed by atoms with Crippen molar-refractivity contribution in [1.82, 2.24) is 15.3 Å². The molecule has 48 heavy (non-hydrogen) atoms. The van der Waals surface area contributed by atoms with Gasteiger partial charge in [-0.05, 0) is 71.8 Å². The lowest BCUT2D eigenvalue weighted by Gasteiger charge is -2.19. The predicted molar refractivity (Wildman–Crippen MR) is 181 cm³/mol. The standard InChI is InChI=1S/C38H26N4O.BF4/c43-38-32(34-15-7-9-19-40-34)25-31(26-33(38)35-16-8-10-20-41-35)42-36(28-11-3-1-4-12-28)23-30(27-17-21-39-22-18-27)24-37(42)29-13-5-2-6-14-29;2-1(3,4)5/h1-26H;/q;-1/p+1. The van der Waals surface area contributed by atoms with Crippen LogP contribution in [-0.2, 0) is 4.79 Å². The van der Waals surface area contributed by atoms with Gasteiger partial charge in [0.15, 0.2) is 5.78 Å². The lowest BCUT2D eigenvalue weighted by atomic mass is 9.91. The highest BCUT2D eigenvalue weighted by Gasteiger charge is 2.32. The number of carbonyl (C=O) groups is 1. The molecular formula is C38H27BF4N4O. The van der Waals surface area contributed by atoms with Crippen molar-refractivity contribution in [2.75, 3.05) is 0 Å². The molecule has 0 bridgehead atoms. The fourth-order valence-electron chi connectivity index (χ4n) is 5.44. The van der Waals surface area contributed by atoms with Gasteiger partial charge in [-0.1, -0.05) is 48.5 Å². The van der Waals surface area contributed by atoms with Gasteiger partial charge in [-0.25, -0.2) is 0 Å². The van der Waals surface area contributed by atoms with Gasteiger partial charge in [-0.2, -0.15) is 4.57 Å². The van der Waals surface area contributed by atoms with E-state index in [9.17, 15) is 22.1 Å². The van der Waals surface area contributed by atoms with Crippen LogP contribution in [0, 0.1) is 0 Å². The zero-order chi connectivity index (χ0) is 33.5. The molecule has 0 spiro atoms. The number of halogens is 4. The third-order valence-electron chi connectivity index (χ3n) is 7.49. The maximum Gasteiger partial charge on any atom is 0.673 e. The van der Waals surface area contributed by atoms with Gasteiger partial charge in [-0.3, -0.25) is 14.8 Å². The average molecular weight is 642 g/mol. The van der Waals surface area contributed by atoms with Gasteiger partial charge in [0, 0.05) is 65.9 Å². The van der Waals surface area contributed by atoms with Crippen LogP contribution in [0.25, 0.3) is 44.9 Å². The largest absolute Gasteiger partial charge is 0.673 e. The SMILES string of the molecule is F[B-](F)(F)F.O=C1C(c2ccccn2)=CC([n+]2c(-c3ccccc3)cc(-c3ccncc3)cc2-c2ccccc2)=C/C1=C1\C=CC=CN1. The Bertz CT molecular complexity index is 2030. The van der Waals surface area contributed by atoms with Crippen LogP contribution >= 0.6 is 0 Å². The lowest BCUT2D eigenvalue weighted by molar-refractivity contribution is -0.554. The van der Waals surface area contributed by atoms with Crippen LogP contribution in [0.1, 0.15) is 5.69 Å². The second kappa shape index (κ2) is 14.1. The molecule has 0 saturated heterocycles. The van der Waals surface area contributed by atoms with Crippen LogP contribution in [0.3, 0.4) is 0 Å². The molecule has 10 heteroatoms. The van der Waals surface area contributed by atoms with Crippen molar-refractivity contribution in [3.05, 3.63) is 175 Å². The summed E-state index contributed by atoms with van der Waals surface area (Å²) < 4.78 is 41.2. The van der Waals surface area contributed by atoms with Gasteiger partial charge in [0.1, 0.15) is 0 Å². The van der Waals surface area contributed by atoms with Crippen molar-refractivity contribution in [3.8, 4) is 33.6 Å². The molecule has 0 amide bonds. The van der Waals surface area contributed by atoms with Gasteiger partial charge in [0.05, 0.1) is 16.8 Å². The molecule has 0 saturated carbocycles. The average Bonchev–Trinajstić information content (AvgIpc) is 3.12. The second-order valence-corrected chi connectivity index (χ2v) is 10.7. The number of rotatable bonds is 5. The Kier molecular flexibility index (Phi) is 9.34. The van der Waals surface area contributed by atoms with E-state index in [1.54, 1.807) is 6.20 Å². The van der Waals surface area contributed by atoms with E-state index in [2.05, 4.69) is 56.3 Å². The van der Waals surface area contributed by atoms with Crippen molar-refractivity contribution in [1.29, 1.82) is 0 Å². The molecule has 3 aromatic heterocycles. The Balaban J connectivity index is 0.000000749. The minimum Gasteiger partial charge on any atom is -0.418 e. The van der Waals surface area contributed by atoms with Crippen LogP contribution in [-0.4, -0.2) is 23.0 Å². The van der Waals surface area contributed by atoms with E-state index in [0.717, 1.165) is 45.0 Å². The summed E-state index contributed by atoms with van der Waals surface area (Å²) in [5, 5.41) is 3.27. The van der Waals surface area contributed by atoms with Gasteiger partial charge >= 0.3 is 7.25 Å². The molecule has 0 radical (unpaired) electrons. The number of hydrogen-bond donors (Lipinski definition) is 1. The molecule has 236 valence electrons. The van der Waals surface area contributed by atoms with Crippen molar-refractivity contribution in [3.63, 3.8) is 0 Å². The van der Waals surface area contributed by atoms with Crippen LogP contribution in [0.5, 0.6) is 0 Å². The number of aromatic nitrogens is 3. The normalized spacial score (nSPS) is 15.5. The molecule has 2 aromatic carbocycles. The quantitative estimate of drug-likeness (QED) is 0.0905. The summed E-state index contributed by atoms with van der Waals surface area (Å²) in [7, 11) is -6.00. The topological polar surface area (TPSA) is 58.8 Å². The van der Waals surface area contributed by atoms with Gasteiger partial charge < -0.3 is 22.6 Å². The summed E-state index contributed by atoms with van der Waals surface area (Å²) in [6, 6.07) is 34.8. The maximum absolute atomic E-state index is 14.0. The van der Waals surface area contributed by atoms with Gasteiger partial charge in [0.2, 0.25) is 17.1 Å². The van der Waals surface area contributed by atoms with Gasteiger partial charge in [-0.15, -0.1) is 0 Å². The maximum atomic E-state index is 14.0. The van der Waals surface area contributed by atoms with Crippen molar-refractivity contribution in [2.24, 2.45) is 0 Å². The number of nitrogens with one attached hydrogen (secondary N) is 1. The summed E-state index contributed by atoms with van der Waals surface area (Å²) >= 11 is 0. The number of hydrogen-bond acceptors (Lipinski definition) is 4. The Morgan fingerprint density at radius 3 is 1.79 bits per heavy atom. The highest BCUT2D eigenvalue weighted by atomic mass is 19.5. The van der Waals surface area contributed by atoms with Crippen LogP contribution in [0.2, 0.25) is 0 Å². The molecule has 1 N–H and O–H groups in total. The molecule has 5 nitrogen and oxygen atoms in total. The molecule has 5 aromatic rings. The number of allylic oxidation sites excluding steroid dienone is 8. The summed E-state index contributed by atoms with van der Waals surface area (Å²) in [4.78, 5) is 22.8. The highest BCUT2D eigenvalue weighted by Crippen LogP contribution is 2.34. The number of ketones is 1. The first-order valence-corrected chi connectivity index (χ1v) is 15.0. The zero-order valence-corrected chi connectivity index (χ0v) is 25.4. The lowest BCUT2D eigenvalue weighted by Crippen LogP contribution is -2.39. The Morgan fingerprint density at radius 2 is 1.25 bits per heavy atom. The van der Waals surface area contributed by atoms with Crippen LogP contribution in [0.4, 0.5) is 17.3 Å². The Labute approximate surface area is 274 Å². The molecule has 0 fully saturated rings. The molecule has 7 rings (SSSR count). The summed E-state index contributed by atoms with van der Waals surface area (Å²) in [6.45, 7) is 0. The smallest absolute Gasteiger partial charge is 0.418 e. The summed E-state index contributed by atoms with van der Waals surface area (Å²) in [6.07, 6.45) is 16.9. The van der Waals surface area contributed by atoms with Crippen molar-refractivity contribution >= 4 is 24.3 Å². The Morgan fingerprint density at radius 1 is 0.646 bits per heavy atom. The van der Waals surface area contributed by atoms with E-state index in [4.69, 9.17) is 0 Å². The number of benzene rings is 2. The van der Waals surface area contributed by atoms with E-state index in [1.165, 1.54) is 0 Å². The molecule has 2 aliphatic rings. The molecule has 0 unspecified atom stereocenters.